The molecule has 2 fully saturated rings. The van der Waals surface area contributed by atoms with Crippen LogP contribution in [0.25, 0.3) is 0 Å². The lowest BCUT2D eigenvalue weighted by molar-refractivity contribution is -0.135. The van der Waals surface area contributed by atoms with E-state index in [0.29, 0.717) is 31.9 Å². The molecule has 1 aromatic heterocycles. The van der Waals surface area contributed by atoms with Crippen molar-refractivity contribution in [3.05, 3.63) is 23.7 Å². The highest BCUT2D eigenvalue weighted by Crippen LogP contribution is 2.18. The van der Waals surface area contributed by atoms with E-state index in [4.69, 9.17) is 4.42 Å². The summed E-state index contributed by atoms with van der Waals surface area (Å²) in [6.07, 6.45) is 2.10. The summed E-state index contributed by atoms with van der Waals surface area (Å²) in [4.78, 5) is 31.1. The summed E-state index contributed by atoms with van der Waals surface area (Å²) in [6, 6.07) is 3.10. The van der Waals surface area contributed by atoms with Crippen LogP contribution in [0.1, 0.15) is 29.2 Å². The Balaban J connectivity index is 1.73. The molecule has 0 unspecified atom stereocenters. The van der Waals surface area contributed by atoms with Gasteiger partial charge in [-0.25, -0.2) is 0 Å². The quantitative estimate of drug-likeness (QED) is 0.862. The molecule has 2 aliphatic heterocycles. The van der Waals surface area contributed by atoms with Crippen molar-refractivity contribution in [1.29, 1.82) is 0 Å². The molecule has 1 atom stereocenters. The van der Waals surface area contributed by atoms with E-state index in [1.165, 1.54) is 0 Å². The highest BCUT2D eigenvalue weighted by molar-refractivity contribution is 5.96. The summed E-state index contributed by atoms with van der Waals surface area (Å²) in [5.74, 6) is 0.918. The lowest BCUT2D eigenvalue weighted by Gasteiger charge is -2.36. The van der Waals surface area contributed by atoms with Crippen LogP contribution in [0, 0.1) is 0 Å². The summed E-state index contributed by atoms with van der Waals surface area (Å²) in [5, 5.41) is 3.23. The molecule has 0 aliphatic carbocycles. The first kappa shape index (κ1) is 17.0. The van der Waals surface area contributed by atoms with Crippen LogP contribution in [0.2, 0.25) is 0 Å². The minimum atomic E-state index is -0.438. The molecule has 2 aliphatic rings. The normalized spacial score (nSPS) is 21.5. The number of piperazine rings is 1. The smallest absolute Gasteiger partial charge is 0.290 e. The third kappa shape index (κ3) is 3.62. The van der Waals surface area contributed by atoms with Gasteiger partial charge in [0.2, 0.25) is 5.91 Å². The van der Waals surface area contributed by atoms with E-state index in [9.17, 15) is 9.59 Å². The zero-order valence-corrected chi connectivity index (χ0v) is 14.5. The molecule has 0 saturated carbocycles. The second kappa shape index (κ2) is 7.36. The molecule has 7 nitrogen and oxygen atoms in total. The third-order valence-corrected chi connectivity index (χ3v) is 4.55. The summed E-state index contributed by atoms with van der Waals surface area (Å²) in [6.45, 7) is 3.96. The predicted molar refractivity (Wildman–Crippen MR) is 89.6 cm³/mol. The monoisotopic (exact) mass is 334 g/mol. The highest BCUT2D eigenvalue weighted by Gasteiger charge is 2.36. The van der Waals surface area contributed by atoms with Gasteiger partial charge in [-0.2, -0.15) is 0 Å². The molecule has 0 spiro atoms. The molecular formula is C17H26N4O3. The van der Waals surface area contributed by atoms with Crippen LogP contribution in [-0.4, -0.2) is 79.4 Å². The number of nitrogens with one attached hydrogen (secondary N) is 1. The van der Waals surface area contributed by atoms with Crippen LogP contribution >= 0.6 is 0 Å². The maximum absolute atomic E-state index is 12.8. The largest absolute Gasteiger partial charge is 0.455 e. The average molecular weight is 334 g/mol. The Bertz CT molecular complexity index is 592. The van der Waals surface area contributed by atoms with Gasteiger partial charge in [-0.3, -0.25) is 9.59 Å². The van der Waals surface area contributed by atoms with E-state index in [1.54, 1.807) is 11.0 Å². The molecule has 3 rings (SSSR count). The first-order valence-corrected chi connectivity index (χ1v) is 8.60. The van der Waals surface area contributed by atoms with Crippen LogP contribution in [0.4, 0.5) is 0 Å². The molecule has 0 aromatic carbocycles. The maximum Gasteiger partial charge on any atom is 0.290 e. The minimum Gasteiger partial charge on any atom is -0.455 e. The van der Waals surface area contributed by atoms with Crippen LogP contribution in [0.3, 0.4) is 0 Å². The zero-order valence-electron chi connectivity index (χ0n) is 14.5. The molecule has 1 aromatic rings. The van der Waals surface area contributed by atoms with Crippen molar-refractivity contribution in [2.24, 2.45) is 0 Å². The number of amides is 2. The molecule has 132 valence electrons. The molecule has 24 heavy (non-hydrogen) atoms. The van der Waals surface area contributed by atoms with Crippen molar-refractivity contribution in [2.45, 2.75) is 25.4 Å². The van der Waals surface area contributed by atoms with Crippen molar-refractivity contribution in [2.75, 3.05) is 46.8 Å². The van der Waals surface area contributed by atoms with Crippen LogP contribution in [-0.2, 0) is 11.3 Å². The van der Waals surface area contributed by atoms with E-state index >= 15 is 0 Å². The summed E-state index contributed by atoms with van der Waals surface area (Å²) in [7, 11) is 3.90. The summed E-state index contributed by atoms with van der Waals surface area (Å²) >= 11 is 0. The standard InChI is InChI=1S/C17H26N4O3/c1-19(2)12-13-5-6-15(24-13)17(23)21-10-7-18-11-14(21)16(22)20-8-3-4-9-20/h5-6,14,18H,3-4,7-12H2,1-2H3/t14-/m1/s1. The maximum atomic E-state index is 12.8. The number of carbonyl (C=O) groups is 2. The Kier molecular flexibility index (Phi) is 5.20. The Morgan fingerprint density at radius 3 is 2.71 bits per heavy atom. The van der Waals surface area contributed by atoms with Gasteiger partial charge in [0.05, 0.1) is 6.54 Å². The average Bonchev–Trinajstić information content (AvgIpc) is 3.24. The fraction of sp³-hybridized carbons (Fsp3) is 0.647. The second-order valence-electron chi connectivity index (χ2n) is 6.75. The van der Waals surface area contributed by atoms with Crippen LogP contribution < -0.4 is 5.32 Å². The van der Waals surface area contributed by atoms with Crippen LogP contribution in [0.15, 0.2) is 16.5 Å². The fourth-order valence-corrected chi connectivity index (χ4v) is 3.35. The first-order valence-electron chi connectivity index (χ1n) is 8.60. The lowest BCUT2D eigenvalue weighted by atomic mass is 10.1. The molecule has 2 saturated heterocycles. The molecule has 0 bridgehead atoms. The summed E-state index contributed by atoms with van der Waals surface area (Å²) in [5.41, 5.74) is 0. The van der Waals surface area contributed by atoms with Crippen molar-refractivity contribution in [3.8, 4) is 0 Å². The molecule has 3 heterocycles. The van der Waals surface area contributed by atoms with Gasteiger partial charge in [0.1, 0.15) is 11.8 Å². The van der Waals surface area contributed by atoms with E-state index in [2.05, 4.69) is 5.32 Å². The van der Waals surface area contributed by atoms with E-state index in [-0.39, 0.29) is 11.8 Å². The number of carbonyl (C=O) groups excluding carboxylic acids is 2. The van der Waals surface area contributed by atoms with Gasteiger partial charge in [-0.1, -0.05) is 0 Å². The van der Waals surface area contributed by atoms with Gasteiger partial charge in [0, 0.05) is 32.7 Å². The van der Waals surface area contributed by atoms with E-state index in [1.807, 2.05) is 30.0 Å². The lowest BCUT2D eigenvalue weighted by Crippen LogP contribution is -2.59. The molecule has 0 radical (unpaired) electrons. The Hall–Kier alpha value is -1.86. The third-order valence-electron chi connectivity index (χ3n) is 4.55. The van der Waals surface area contributed by atoms with Crippen molar-refractivity contribution in [3.63, 3.8) is 0 Å². The number of hydrogen-bond acceptors (Lipinski definition) is 5. The Labute approximate surface area is 142 Å². The number of rotatable bonds is 4. The predicted octanol–water partition coefficient (Wildman–Crippen LogP) is 0.378. The SMILES string of the molecule is CN(C)Cc1ccc(C(=O)N2CCNC[C@@H]2C(=O)N2CCCC2)o1. The van der Waals surface area contributed by atoms with Gasteiger partial charge >= 0.3 is 0 Å². The van der Waals surface area contributed by atoms with Gasteiger partial charge < -0.3 is 24.4 Å². The zero-order chi connectivity index (χ0) is 17.1. The Morgan fingerprint density at radius 2 is 2.00 bits per heavy atom. The van der Waals surface area contributed by atoms with Crippen LogP contribution in [0.5, 0.6) is 0 Å². The van der Waals surface area contributed by atoms with Gasteiger partial charge in [0.15, 0.2) is 5.76 Å². The number of hydrogen-bond donors (Lipinski definition) is 1. The van der Waals surface area contributed by atoms with E-state index in [0.717, 1.165) is 31.7 Å². The summed E-state index contributed by atoms with van der Waals surface area (Å²) < 4.78 is 5.68. The fourth-order valence-electron chi connectivity index (χ4n) is 3.35. The van der Waals surface area contributed by atoms with Crippen molar-refractivity contribution in [1.82, 2.24) is 20.0 Å². The van der Waals surface area contributed by atoms with Crippen molar-refractivity contribution >= 4 is 11.8 Å². The first-order chi connectivity index (χ1) is 11.6. The van der Waals surface area contributed by atoms with Crippen molar-refractivity contribution < 1.29 is 14.0 Å². The molecule has 1 N–H and O–H groups in total. The minimum absolute atomic E-state index is 0.0492. The van der Waals surface area contributed by atoms with Gasteiger partial charge in [-0.15, -0.1) is 0 Å². The van der Waals surface area contributed by atoms with Gasteiger partial charge in [-0.05, 0) is 39.1 Å². The number of likely N-dealkylation sites (tertiary alicyclic amines) is 1. The number of nitrogens with zero attached hydrogens (tertiary/aromatic N) is 3. The second-order valence-corrected chi connectivity index (χ2v) is 6.75. The molecular weight excluding hydrogens is 308 g/mol. The molecule has 2 amide bonds. The topological polar surface area (TPSA) is 69.0 Å². The number of furan rings is 1. The Morgan fingerprint density at radius 1 is 1.25 bits per heavy atom. The molecule has 7 heteroatoms. The van der Waals surface area contributed by atoms with E-state index < -0.39 is 6.04 Å². The highest BCUT2D eigenvalue weighted by atomic mass is 16.4. The van der Waals surface area contributed by atoms with Gasteiger partial charge in [0.25, 0.3) is 5.91 Å².